The maximum Gasteiger partial charge on any atom is 0.306 e. The third kappa shape index (κ3) is 4.59. The molecule has 0 fully saturated rings. The number of terminal acetylenes is 1. The summed E-state index contributed by atoms with van der Waals surface area (Å²) in [6.45, 7) is 1.47. The zero-order chi connectivity index (χ0) is 21.7. The van der Waals surface area contributed by atoms with E-state index in [1.165, 1.54) is 24.4 Å². The highest BCUT2D eigenvalue weighted by Gasteiger charge is 2.35. The predicted molar refractivity (Wildman–Crippen MR) is 102 cm³/mol. The Morgan fingerprint density at radius 2 is 2.20 bits per heavy atom. The van der Waals surface area contributed by atoms with Gasteiger partial charge < -0.3 is 24.5 Å². The summed E-state index contributed by atoms with van der Waals surface area (Å²) in [7, 11) is 0. The van der Waals surface area contributed by atoms with Crippen molar-refractivity contribution in [1.29, 1.82) is 0 Å². The maximum absolute atomic E-state index is 14.4. The maximum atomic E-state index is 14.4. The van der Waals surface area contributed by atoms with Gasteiger partial charge in [0, 0.05) is 6.20 Å². The van der Waals surface area contributed by atoms with E-state index in [4.69, 9.17) is 25.8 Å². The van der Waals surface area contributed by atoms with E-state index in [1.54, 1.807) is 13.0 Å². The average molecular weight is 415 g/mol. The minimum absolute atomic E-state index is 0.0217. The molecule has 0 saturated heterocycles. The Kier molecular flexibility index (Phi) is 6.03. The van der Waals surface area contributed by atoms with E-state index in [0.29, 0.717) is 11.1 Å². The lowest BCUT2D eigenvalue weighted by Gasteiger charge is -2.20. The number of ether oxygens (including phenoxy) is 2. The van der Waals surface area contributed by atoms with Gasteiger partial charge in [0.2, 0.25) is 5.90 Å². The Balaban J connectivity index is 1.78. The molecule has 1 aromatic carbocycles. The van der Waals surface area contributed by atoms with Crippen LogP contribution in [0.1, 0.15) is 24.5 Å². The van der Waals surface area contributed by atoms with Gasteiger partial charge in [-0.15, -0.1) is 11.9 Å². The second kappa shape index (κ2) is 8.67. The van der Waals surface area contributed by atoms with Crippen LogP contribution in [-0.2, 0) is 15.3 Å². The van der Waals surface area contributed by atoms with E-state index in [0.717, 1.165) is 0 Å². The number of hydrogen-bond donors (Lipinski definition) is 3. The lowest BCUT2D eigenvalue weighted by molar-refractivity contribution is -0.137. The number of nitrogens with zero attached hydrogens (tertiary/aromatic N) is 2. The number of benzene rings is 1. The van der Waals surface area contributed by atoms with Crippen LogP contribution in [0.25, 0.3) is 0 Å². The van der Waals surface area contributed by atoms with Crippen molar-refractivity contribution in [3.63, 3.8) is 0 Å². The normalized spacial score (nSPS) is 17.6. The number of halogens is 1. The molecule has 0 spiro atoms. The van der Waals surface area contributed by atoms with Crippen molar-refractivity contribution in [1.82, 2.24) is 10.5 Å². The molecule has 9 nitrogen and oxygen atoms in total. The number of aromatic nitrogens is 1. The first-order chi connectivity index (χ1) is 14.3. The fourth-order valence-corrected chi connectivity index (χ4v) is 2.59. The largest absolute Gasteiger partial charge is 0.503 e. The van der Waals surface area contributed by atoms with Crippen molar-refractivity contribution in [2.24, 2.45) is 4.99 Å². The SMILES string of the molecule is C#CCOc1ncc(C2=NC(C)(c3ccc(OCCC(=O)O)c(F)c3)NO2)cc1O. The molecule has 0 saturated carbocycles. The first-order valence-electron chi connectivity index (χ1n) is 8.76. The van der Waals surface area contributed by atoms with Crippen LogP contribution in [0.5, 0.6) is 17.4 Å². The van der Waals surface area contributed by atoms with Crippen LogP contribution in [0.4, 0.5) is 4.39 Å². The van der Waals surface area contributed by atoms with Crippen LogP contribution in [0.15, 0.2) is 35.5 Å². The van der Waals surface area contributed by atoms with Gasteiger partial charge in [-0.2, -0.15) is 0 Å². The molecule has 0 amide bonds. The van der Waals surface area contributed by atoms with Crippen molar-refractivity contribution in [2.45, 2.75) is 19.0 Å². The van der Waals surface area contributed by atoms with Gasteiger partial charge in [-0.05, 0) is 30.7 Å². The highest BCUT2D eigenvalue weighted by Crippen LogP contribution is 2.32. The molecule has 10 heteroatoms. The molecular weight excluding hydrogens is 397 g/mol. The molecule has 1 aliphatic rings. The summed E-state index contributed by atoms with van der Waals surface area (Å²) in [6, 6.07) is 5.53. The van der Waals surface area contributed by atoms with Gasteiger partial charge in [0.05, 0.1) is 18.6 Å². The van der Waals surface area contributed by atoms with E-state index in [2.05, 4.69) is 21.4 Å². The summed E-state index contributed by atoms with van der Waals surface area (Å²) >= 11 is 0. The molecule has 30 heavy (non-hydrogen) atoms. The zero-order valence-corrected chi connectivity index (χ0v) is 15.9. The Morgan fingerprint density at radius 1 is 1.40 bits per heavy atom. The number of pyridine rings is 1. The van der Waals surface area contributed by atoms with Gasteiger partial charge >= 0.3 is 5.97 Å². The van der Waals surface area contributed by atoms with Crippen LogP contribution in [0, 0.1) is 18.2 Å². The molecule has 1 atom stereocenters. The molecule has 0 aliphatic carbocycles. The standard InChI is InChI=1S/C20H18FN3O6/c1-3-7-29-19-15(25)9-12(11-22-19)18-23-20(2,24-30-18)13-4-5-16(14(21)10-13)28-8-6-17(26)27/h1,4-5,9-11,24-25H,6-8H2,2H3,(H,26,27). The Labute approximate surface area is 171 Å². The topological polar surface area (TPSA) is 123 Å². The molecule has 3 rings (SSSR count). The van der Waals surface area contributed by atoms with Gasteiger partial charge in [0.1, 0.15) is 0 Å². The molecule has 2 heterocycles. The lowest BCUT2D eigenvalue weighted by Crippen LogP contribution is -2.32. The van der Waals surface area contributed by atoms with E-state index in [-0.39, 0.29) is 42.9 Å². The number of carbonyl (C=O) groups is 1. The number of aliphatic carboxylic acids is 1. The highest BCUT2D eigenvalue weighted by molar-refractivity contribution is 5.95. The van der Waals surface area contributed by atoms with Gasteiger partial charge in [0.15, 0.2) is 29.6 Å². The van der Waals surface area contributed by atoms with Crippen molar-refractivity contribution in [3.05, 3.63) is 47.4 Å². The number of hydroxylamine groups is 1. The molecule has 3 N–H and O–H groups in total. The number of carboxylic acid groups (broad SMARTS) is 1. The molecule has 1 unspecified atom stereocenters. The van der Waals surface area contributed by atoms with Crippen molar-refractivity contribution in [3.8, 4) is 29.7 Å². The summed E-state index contributed by atoms with van der Waals surface area (Å²) in [5.41, 5.74) is 2.40. The lowest BCUT2D eigenvalue weighted by atomic mass is 10.0. The first kappa shape index (κ1) is 20.9. The monoisotopic (exact) mass is 415 g/mol. The number of nitrogens with one attached hydrogen (secondary N) is 1. The molecule has 1 aliphatic heterocycles. The smallest absolute Gasteiger partial charge is 0.306 e. The Morgan fingerprint density at radius 3 is 2.87 bits per heavy atom. The van der Waals surface area contributed by atoms with Gasteiger partial charge in [0.25, 0.3) is 5.88 Å². The molecular formula is C20H18FN3O6. The third-order valence-electron chi connectivity index (χ3n) is 4.11. The molecule has 0 radical (unpaired) electrons. The number of aromatic hydroxyl groups is 1. The van der Waals surface area contributed by atoms with Gasteiger partial charge in [-0.25, -0.2) is 14.4 Å². The molecule has 156 valence electrons. The second-order valence-corrected chi connectivity index (χ2v) is 6.37. The quantitative estimate of drug-likeness (QED) is 0.559. The fraction of sp³-hybridized carbons (Fsp3) is 0.250. The zero-order valence-electron chi connectivity index (χ0n) is 15.9. The summed E-state index contributed by atoms with van der Waals surface area (Å²) < 4.78 is 24.6. The van der Waals surface area contributed by atoms with Crippen LogP contribution >= 0.6 is 0 Å². The summed E-state index contributed by atoms with van der Waals surface area (Å²) in [4.78, 5) is 24.3. The number of aliphatic imine (C=N–C) groups is 1. The van der Waals surface area contributed by atoms with E-state index in [9.17, 15) is 14.3 Å². The minimum atomic E-state index is -1.12. The summed E-state index contributed by atoms with van der Waals surface area (Å²) in [6.07, 6.45) is 6.25. The average Bonchev–Trinajstić information content (AvgIpc) is 3.11. The molecule has 1 aromatic heterocycles. The first-order valence-corrected chi connectivity index (χ1v) is 8.76. The minimum Gasteiger partial charge on any atom is -0.503 e. The number of carboxylic acids is 1. The van der Waals surface area contributed by atoms with E-state index < -0.39 is 17.4 Å². The van der Waals surface area contributed by atoms with E-state index >= 15 is 0 Å². The Hall–Kier alpha value is -3.84. The number of hydrogen-bond acceptors (Lipinski definition) is 8. The van der Waals surface area contributed by atoms with Crippen LogP contribution < -0.4 is 15.0 Å². The highest BCUT2D eigenvalue weighted by atomic mass is 19.1. The molecule has 2 aromatic rings. The van der Waals surface area contributed by atoms with Crippen molar-refractivity contribution >= 4 is 11.9 Å². The van der Waals surface area contributed by atoms with Gasteiger partial charge in [-0.3, -0.25) is 4.79 Å². The number of rotatable bonds is 8. The van der Waals surface area contributed by atoms with Crippen LogP contribution in [-0.4, -0.2) is 40.3 Å². The van der Waals surface area contributed by atoms with E-state index in [1.807, 2.05) is 0 Å². The van der Waals surface area contributed by atoms with Crippen LogP contribution in [0.2, 0.25) is 0 Å². The predicted octanol–water partition coefficient (Wildman–Crippen LogP) is 1.95. The fourth-order valence-electron chi connectivity index (χ4n) is 2.59. The Bertz CT molecular complexity index is 1040. The third-order valence-corrected chi connectivity index (χ3v) is 4.11. The van der Waals surface area contributed by atoms with Crippen LogP contribution in [0.3, 0.4) is 0 Å². The van der Waals surface area contributed by atoms with Crippen molar-refractivity contribution < 1.29 is 33.7 Å². The summed E-state index contributed by atoms with van der Waals surface area (Å²) in [5, 5.41) is 18.6. The summed E-state index contributed by atoms with van der Waals surface area (Å²) in [5.74, 6) is 0.368. The second-order valence-electron chi connectivity index (χ2n) is 6.37. The van der Waals surface area contributed by atoms with Gasteiger partial charge in [-0.1, -0.05) is 12.0 Å². The molecule has 0 bridgehead atoms. The van der Waals surface area contributed by atoms with Crippen molar-refractivity contribution in [2.75, 3.05) is 13.2 Å².